The summed E-state index contributed by atoms with van der Waals surface area (Å²) in [5.74, 6) is 0.658. The number of imidazole rings is 1. The fraction of sp³-hybridized carbons (Fsp3) is 0.357. The Labute approximate surface area is 111 Å². The Balaban J connectivity index is 1.84. The first-order valence-electron chi connectivity index (χ1n) is 6.33. The molecule has 0 radical (unpaired) electrons. The van der Waals surface area contributed by atoms with Gasteiger partial charge in [0.05, 0.1) is 31.1 Å². The Morgan fingerprint density at radius 3 is 2.89 bits per heavy atom. The van der Waals surface area contributed by atoms with Gasteiger partial charge in [0.1, 0.15) is 11.6 Å². The zero-order valence-corrected chi connectivity index (χ0v) is 10.8. The summed E-state index contributed by atoms with van der Waals surface area (Å²) in [5, 5.41) is 0. The first kappa shape index (κ1) is 12.3. The van der Waals surface area contributed by atoms with Crippen molar-refractivity contribution in [1.82, 2.24) is 14.9 Å². The maximum Gasteiger partial charge on any atom is 0.126 e. The topological polar surface area (TPSA) is 41.1 Å². The van der Waals surface area contributed by atoms with Crippen LogP contribution in [-0.2, 0) is 4.74 Å². The van der Waals surface area contributed by atoms with Gasteiger partial charge in [-0.2, -0.15) is 0 Å². The molecule has 1 aliphatic rings. The summed E-state index contributed by atoms with van der Waals surface area (Å²) in [4.78, 5) is 9.93. The van der Waals surface area contributed by atoms with Crippen molar-refractivity contribution in [3.05, 3.63) is 42.1 Å². The summed E-state index contributed by atoms with van der Waals surface area (Å²) >= 11 is 0. The minimum atomic E-state index is -0.232. The molecule has 19 heavy (non-hydrogen) atoms. The molecule has 1 fully saturated rings. The molecule has 0 spiro atoms. The van der Waals surface area contributed by atoms with E-state index in [1.54, 1.807) is 18.3 Å². The van der Waals surface area contributed by atoms with Crippen molar-refractivity contribution in [1.29, 1.82) is 0 Å². The molecule has 1 N–H and O–H groups in total. The minimum Gasteiger partial charge on any atom is -0.378 e. The Kier molecular flexibility index (Phi) is 3.31. The van der Waals surface area contributed by atoms with Crippen LogP contribution in [0, 0.1) is 5.82 Å². The number of hydrogen-bond acceptors (Lipinski definition) is 3. The van der Waals surface area contributed by atoms with E-state index in [9.17, 15) is 4.39 Å². The highest BCUT2D eigenvalue weighted by molar-refractivity contribution is 5.58. The Bertz CT molecular complexity index is 552. The van der Waals surface area contributed by atoms with Crippen molar-refractivity contribution in [2.45, 2.75) is 6.04 Å². The van der Waals surface area contributed by atoms with E-state index in [1.807, 2.05) is 0 Å². The lowest BCUT2D eigenvalue weighted by atomic mass is 10.2. The SMILES string of the molecule is CN1CCOC[C@H]1c1ncc(-c2ccc(F)cc2)[nH]1. The van der Waals surface area contributed by atoms with Crippen LogP contribution in [0.4, 0.5) is 4.39 Å². The van der Waals surface area contributed by atoms with Crippen molar-refractivity contribution in [2.24, 2.45) is 0 Å². The zero-order valence-electron chi connectivity index (χ0n) is 10.8. The molecular weight excluding hydrogens is 245 g/mol. The Morgan fingerprint density at radius 1 is 1.37 bits per heavy atom. The summed E-state index contributed by atoms with van der Waals surface area (Å²) < 4.78 is 18.4. The second-order valence-electron chi connectivity index (χ2n) is 4.76. The number of H-pyrrole nitrogens is 1. The molecule has 1 aromatic carbocycles. The minimum absolute atomic E-state index is 0.156. The number of ether oxygens (including phenoxy) is 1. The molecular formula is C14H16FN3O. The van der Waals surface area contributed by atoms with E-state index in [0.717, 1.165) is 30.2 Å². The van der Waals surface area contributed by atoms with Gasteiger partial charge in [0.25, 0.3) is 0 Å². The summed E-state index contributed by atoms with van der Waals surface area (Å²) in [6.45, 7) is 2.31. The van der Waals surface area contributed by atoms with Crippen LogP contribution in [0.5, 0.6) is 0 Å². The van der Waals surface area contributed by atoms with Gasteiger partial charge in [0, 0.05) is 6.54 Å². The third-order valence-electron chi connectivity index (χ3n) is 3.46. The Morgan fingerprint density at radius 2 is 2.16 bits per heavy atom. The van der Waals surface area contributed by atoms with Crippen molar-refractivity contribution in [3.8, 4) is 11.3 Å². The molecule has 0 aliphatic carbocycles. The van der Waals surface area contributed by atoms with Gasteiger partial charge in [-0.05, 0) is 36.9 Å². The molecule has 1 aliphatic heterocycles. The first-order valence-corrected chi connectivity index (χ1v) is 6.33. The van der Waals surface area contributed by atoms with E-state index in [-0.39, 0.29) is 11.9 Å². The second-order valence-corrected chi connectivity index (χ2v) is 4.76. The van der Waals surface area contributed by atoms with Crippen LogP contribution in [0.2, 0.25) is 0 Å². The van der Waals surface area contributed by atoms with Gasteiger partial charge in [0.15, 0.2) is 0 Å². The highest BCUT2D eigenvalue weighted by Gasteiger charge is 2.23. The van der Waals surface area contributed by atoms with Crippen molar-refractivity contribution < 1.29 is 9.13 Å². The van der Waals surface area contributed by atoms with Crippen LogP contribution >= 0.6 is 0 Å². The van der Waals surface area contributed by atoms with Gasteiger partial charge >= 0.3 is 0 Å². The summed E-state index contributed by atoms with van der Waals surface area (Å²) in [6, 6.07) is 6.54. The van der Waals surface area contributed by atoms with E-state index in [0.29, 0.717) is 6.61 Å². The van der Waals surface area contributed by atoms with E-state index in [4.69, 9.17) is 4.74 Å². The lowest BCUT2D eigenvalue weighted by molar-refractivity contribution is 0.00215. The molecule has 0 unspecified atom stereocenters. The number of aromatic amines is 1. The maximum atomic E-state index is 12.9. The first-order chi connectivity index (χ1) is 9.24. The number of benzene rings is 1. The fourth-order valence-corrected chi connectivity index (χ4v) is 2.26. The zero-order chi connectivity index (χ0) is 13.2. The highest BCUT2D eigenvalue weighted by atomic mass is 19.1. The van der Waals surface area contributed by atoms with Crippen LogP contribution < -0.4 is 0 Å². The van der Waals surface area contributed by atoms with Crippen LogP contribution in [0.1, 0.15) is 11.9 Å². The fourth-order valence-electron chi connectivity index (χ4n) is 2.26. The molecule has 2 heterocycles. The lowest BCUT2D eigenvalue weighted by Gasteiger charge is -2.30. The normalized spacial score (nSPS) is 20.6. The average Bonchev–Trinajstić information content (AvgIpc) is 2.89. The van der Waals surface area contributed by atoms with Crippen LogP contribution in [0.15, 0.2) is 30.5 Å². The largest absolute Gasteiger partial charge is 0.378 e. The smallest absolute Gasteiger partial charge is 0.126 e. The molecule has 2 aromatic rings. The van der Waals surface area contributed by atoms with Crippen LogP contribution in [0.3, 0.4) is 0 Å². The number of morpholine rings is 1. The molecule has 5 heteroatoms. The summed E-state index contributed by atoms with van der Waals surface area (Å²) in [7, 11) is 2.06. The maximum absolute atomic E-state index is 12.9. The molecule has 100 valence electrons. The van der Waals surface area contributed by atoms with Gasteiger partial charge in [-0.3, -0.25) is 4.90 Å². The van der Waals surface area contributed by atoms with Crippen molar-refractivity contribution in [3.63, 3.8) is 0 Å². The van der Waals surface area contributed by atoms with E-state index in [2.05, 4.69) is 21.9 Å². The summed E-state index contributed by atoms with van der Waals surface area (Å²) in [5.41, 5.74) is 1.83. The van der Waals surface area contributed by atoms with E-state index in [1.165, 1.54) is 12.1 Å². The quantitative estimate of drug-likeness (QED) is 0.901. The number of likely N-dealkylation sites (N-methyl/N-ethyl adjacent to an activating group) is 1. The van der Waals surface area contributed by atoms with Gasteiger partial charge in [0.2, 0.25) is 0 Å². The van der Waals surface area contributed by atoms with Gasteiger partial charge in [-0.15, -0.1) is 0 Å². The lowest BCUT2D eigenvalue weighted by Crippen LogP contribution is -2.37. The molecule has 3 rings (SSSR count). The van der Waals surface area contributed by atoms with Crippen molar-refractivity contribution in [2.75, 3.05) is 26.8 Å². The highest BCUT2D eigenvalue weighted by Crippen LogP contribution is 2.23. The summed E-state index contributed by atoms with van der Waals surface area (Å²) in [6.07, 6.45) is 1.78. The predicted molar refractivity (Wildman–Crippen MR) is 70.2 cm³/mol. The van der Waals surface area contributed by atoms with E-state index >= 15 is 0 Å². The molecule has 0 bridgehead atoms. The number of nitrogens with zero attached hydrogens (tertiary/aromatic N) is 2. The molecule has 0 amide bonds. The number of hydrogen-bond donors (Lipinski definition) is 1. The van der Waals surface area contributed by atoms with Crippen LogP contribution in [0.25, 0.3) is 11.3 Å². The number of rotatable bonds is 2. The van der Waals surface area contributed by atoms with E-state index < -0.39 is 0 Å². The second kappa shape index (κ2) is 5.11. The third-order valence-corrected chi connectivity index (χ3v) is 3.46. The monoisotopic (exact) mass is 261 g/mol. The van der Waals surface area contributed by atoms with Crippen LogP contribution in [-0.4, -0.2) is 41.7 Å². The average molecular weight is 261 g/mol. The van der Waals surface area contributed by atoms with Gasteiger partial charge in [-0.1, -0.05) is 0 Å². The third kappa shape index (κ3) is 2.52. The molecule has 1 aromatic heterocycles. The molecule has 0 saturated carbocycles. The Hall–Kier alpha value is -1.72. The molecule has 1 atom stereocenters. The number of halogens is 1. The van der Waals surface area contributed by atoms with Gasteiger partial charge in [-0.25, -0.2) is 9.37 Å². The van der Waals surface area contributed by atoms with Crippen molar-refractivity contribution >= 4 is 0 Å². The standard InChI is InChI=1S/C14H16FN3O/c1-18-6-7-19-9-13(18)14-16-8-12(17-14)10-2-4-11(15)5-3-10/h2-5,8,13H,6-7,9H2,1H3,(H,16,17)/t13-/m0/s1. The number of aromatic nitrogens is 2. The predicted octanol–water partition coefficient (Wildman–Crippen LogP) is 2.22. The number of nitrogens with one attached hydrogen (secondary N) is 1. The van der Waals surface area contributed by atoms with Gasteiger partial charge < -0.3 is 9.72 Å². The molecule has 4 nitrogen and oxygen atoms in total. The molecule has 1 saturated heterocycles.